The number of alkyl halides is 3. The zero-order valence-electron chi connectivity index (χ0n) is 10.1. The predicted molar refractivity (Wildman–Crippen MR) is 65.8 cm³/mol. The SMILES string of the molecule is CCOC(=O)CCc1cccc(Br)c1OC(F)(F)F. The van der Waals surface area contributed by atoms with E-state index in [4.69, 9.17) is 4.74 Å². The minimum Gasteiger partial charge on any atom is -0.466 e. The van der Waals surface area contributed by atoms with Crippen LogP contribution in [0.25, 0.3) is 0 Å². The number of para-hydroxylation sites is 1. The lowest BCUT2D eigenvalue weighted by Gasteiger charge is -2.14. The van der Waals surface area contributed by atoms with Crippen molar-refractivity contribution < 1.29 is 27.4 Å². The summed E-state index contributed by atoms with van der Waals surface area (Å²) in [5.41, 5.74) is 0.291. The summed E-state index contributed by atoms with van der Waals surface area (Å²) in [5, 5.41) is 0. The first kappa shape index (κ1) is 15.8. The van der Waals surface area contributed by atoms with Crippen LogP contribution in [0.1, 0.15) is 18.9 Å². The third-order valence-electron chi connectivity index (χ3n) is 2.17. The maximum Gasteiger partial charge on any atom is 0.573 e. The van der Waals surface area contributed by atoms with Crippen LogP contribution in [0.2, 0.25) is 0 Å². The highest BCUT2D eigenvalue weighted by Gasteiger charge is 2.33. The number of benzene rings is 1. The van der Waals surface area contributed by atoms with Crippen molar-refractivity contribution in [1.29, 1.82) is 0 Å². The van der Waals surface area contributed by atoms with Crippen molar-refractivity contribution in [2.24, 2.45) is 0 Å². The van der Waals surface area contributed by atoms with Crippen LogP contribution in [0.15, 0.2) is 22.7 Å². The number of carbonyl (C=O) groups is 1. The van der Waals surface area contributed by atoms with E-state index < -0.39 is 12.3 Å². The van der Waals surface area contributed by atoms with E-state index in [2.05, 4.69) is 20.7 Å². The summed E-state index contributed by atoms with van der Waals surface area (Å²) < 4.78 is 45.7. The van der Waals surface area contributed by atoms with Crippen LogP contribution < -0.4 is 4.74 Å². The van der Waals surface area contributed by atoms with E-state index >= 15 is 0 Å². The van der Waals surface area contributed by atoms with Crippen molar-refractivity contribution >= 4 is 21.9 Å². The molecule has 0 unspecified atom stereocenters. The highest BCUT2D eigenvalue weighted by molar-refractivity contribution is 9.10. The smallest absolute Gasteiger partial charge is 0.466 e. The van der Waals surface area contributed by atoms with E-state index in [1.54, 1.807) is 13.0 Å². The molecule has 0 saturated carbocycles. The Bertz CT molecular complexity index is 446. The van der Waals surface area contributed by atoms with E-state index in [0.29, 0.717) is 5.56 Å². The first-order chi connectivity index (χ1) is 8.83. The summed E-state index contributed by atoms with van der Waals surface area (Å²) in [7, 11) is 0. The maximum atomic E-state index is 12.3. The molecule has 0 aliphatic carbocycles. The van der Waals surface area contributed by atoms with Crippen LogP contribution in [0.4, 0.5) is 13.2 Å². The molecule has 0 bridgehead atoms. The fourth-order valence-corrected chi connectivity index (χ4v) is 1.94. The van der Waals surface area contributed by atoms with Crippen LogP contribution in [0, 0.1) is 0 Å². The Balaban J connectivity index is 2.82. The minimum absolute atomic E-state index is 0.00148. The number of esters is 1. The Morgan fingerprint density at radius 3 is 2.63 bits per heavy atom. The highest BCUT2D eigenvalue weighted by atomic mass is 79.9. The van der Waals surface area contributed by atoms with Crippen molar-refractivity contribution in [1.82, 2.24) is 0 Å². The zero-order valence-corrected chi connectivity index (χ0v) is 11.7. The Morgan fingerprint density at radius 1 is 1.37 bits per heavy atom. The molecule has 0 radical (unpaired) electrons. The van der Waals surface area contributed by atoms with E-state index in [0.717, 1.165) is 0 Å². The number of aryl methyl sites for hydroxylation is 1. The number of halogens is 4. The van der Waals surface area contributed by atoms with Gasteiger partial charge in [0.05, 0.1) is 11.1 Å². The number of hydrogen-bond donors (Lipinski definition) is 0. The maximum absolute atomic E-state index is 12.3. The van der Waals surface area contributed by atoms with Gasteiger partial charge in [-0.15, -0.1) is 13.2 Å². The molecule has 0 aliphatic rings. The monoisotopic (exact) mass is 340 g/mol. The van der Waals surface area contributed by atoms with Gasteiger partial charge in [-0.3, -0.25) is 4.79 Å². The average Bonchev–Trinajstić information content (AvgIpc) is 2.29. The summed E-state index contributed by atoms with van der Waals surface area (Å²) >= 11 is 3.00. The number of hydrogen-bond acceptors (Lipinski definition) is 3. The lowest BCUT2D eigenvalue weighted by molar-refractivity contribution is -0.275. The van der Waals surface area contributed by atoms with Gasteiger partial charge in [0.25, 0.3) is 0 Å². The second kappa shape index (κ2) is 6.79. The molecule has 0 aliphatic heterocycles. The molecule has 0 fully saturated rings. The van der Waals surface area contributed by atoms with E-state index in [1.165, 1.54) is 12.1 Å². The van der Waals surface area contributed by atoms with Crippen molar-refractivity contribution in [3.05, 3.63) is 28.2 Å². The van der Waals surface area contributed by atoms with Crippen molar-refractivity contribution in [2.45, 2.75) is 26.1 Å². The molecule has 3 nitrogen and oxygen atoms in total. The molecule has 1 aromatic carbocycles. The Kier molecular flexibility index (Phi) is 5.65. The minimum atomic E-state index is -4.78. The standard InChI is InChI=1S/C12H12BrF3O3/c1-2-18-10(17)7-6-8-4-3-5-9(13)11(8)19-12(14,15)16/h3-5H,2,6-7H2,1H3. The molecule has 0 spiro atoms. The topological polar surface area (TPSA) is 35.5 Å². The predicted octanol–water partition coefficient (Wildman–Crippen LogP) is 3.84. The van der Waals surface area contributed by atoms with E-state index in [-0.39, 0.29) is 29.7 Å². The lowest BCUT2D eigenvalue weighted by atomic mass is 10.1. The third-order valence-corrected chi connectivity index (χ3v) is 2.79. The first-order valence-electron chi connectivity index (χ1n) is 5.52. The molecule has 1 rings (SSSR count). The molecule has 19 heavy (non-hydrogen) atoms. The van der Waals surface area contributed by atoms with Crippen molar-refractivity contribution in [3.8, 4) is 5.75 Å². The molecule has 106 valence electrons. The van der Waals surface area contributed by atoms with Crippen molar-refractivity contribution in [2.75, 3.05) is 6.61 Å². The fraction of sp³-hybridized carbons (Fsp3) is 0.417. The molecule has 0 aromatic heterocycles. The quantitative estimate of drug-likeness (QED) is 0.764. The molecule has 7 heteroatoms. The zero-order chi connectivity index (χ0) is 14.5. The second-order valence-corrected chi connectivity index (χ2v) is 4.44. The molecular formula is C12H12BrF3O3. The highest BCUT2D eigenvalue weighted by Crippen LogP contribution is 2.34. The summed E-state index contributed by atoms with van der Waals surface area (Å²) in [5.74, 6) is -0.778. The Hall–Kier alpha value is -1.24. The van der Waals surface area contributed by atoms with E-state index in [1.807, 2.05) is 0 Å². The van der Waals surface area contributed by atoms with Gasteiger partial charge in [-0.25, -0.2) is 0 Å². The lowest BCUT2D eigenvalue weighted by Crippen LogP contribution is -2.18. The second-order valence-electron chi connectivity index (χ2n) is 3.58. The summed E-state index contributed by atoms with van der Waals surface area (Å²) in [6.45, 7) is 1.90. The summed E-state index contributed by atoms with van der Waals surface area (Å²) in [6.07, 6.45) is -4.66. The number of ether oxygens (including phenoxy) is 2. The molecular weight excluding hydrogens is 329 g/mol. The molecule has 0 saturated heterocycles. The van der Waals surface area contributed by atoms with Gasteiger partial charge in [0.2, 0.25) is 0 Å². The van der Waals surface area contributed by atoms with Gasteiger partial charge >= 0.3 is 12.3 Å². The van der Waals surface area contributed by atoms with Crippen LogP contribution in [0.5, 0.6) is 5.75 Å². The molecule has 1 aromatic rings. The van der Waals surface area contributed by atoms with Gasteiger partial charge < -0.3 is 9.47 Å². The first-order valence-corrected chi connectivity index (χ1v) is 6.31. The van der Waals surface area contributed by atoms with Crippen LogP contribution in [-0.2, 0) is 16.0 Å². The van der Waals surface area contributed by atoms with Gasteiger partial charge in [0.15, 0.2) is 0 Å². The van der Waals surface area contributed by atoms with Crippen LogP contribution in [0.3, 0.4) is 0 Å². The largest absolute Gasteiger partial charge is 0.573 e. The molecule has 0 amide bonds. The Morgan fingerprint density at radius 2 is 2.05 bits per heavy atom. The number of carbonyl (C=O) groups excluding carboxylic acids is 1. The van der Waals surface area contributed by atoms with Crippen molar-refractivity contribution in [3.63, 3.8) is 0 Å². The van der Waals surface area contributed by atoms with Gasteiger partial charge in [-0.2, -0.15) is 0 Å². The van der Waals surface area contributed by atoms with Gasteiger partial charge in [-0.05, 0) is 40.9 Å². The Labute approximate surface area is 116 Å². The fourth-order valence-electron chi connectivity index (χ4n) is 1.45. The summed E-state index contributed by atoms with van der Waals surface area (Å²) in [4.78, 5) is 11.2. The van der Waals surface area contributed by atoms with Gasteiger partial charge in [0.1, 0.15) is 5.75 Å². The summed E-state index contributed by atoms with van der Waals surface area (Å²) in [6, 6.07) is 4.49. The normalized spacial score (nSPS) is 11.2. The molecule has 0 heterocycles. The van der Waals surface area contributed by atoms with Gasteiger partial charge in [0, 0.05) is 6.42 Å². The average molecular weight is 341 g/mol. The van der Waals surface area contributed by atoms with E-state index in [9.17, 15) is 18.0 Å². The van der Waals surface area contributed by atoms with Gasteiger partial charge in [-0.1, -0.05) is 12.1 Å². The van der Waals surface area contributed by atoms with Crippen LogP contribution in [-0.4, -0.2) is 18.9 Å². The third kappa shape index (κ3) is 5.50. The molecule has 0 atom stereocenters. The van der Waals surface area contributed by atoms with Crippen LogP contribution >= 0.6 is 15.9 Å². The molecule has 0 N–H and O–H groups in total. The number of rotatable bonds is 5.